The minimum atomic E-state index is 0.327. The molecule has 0 aliphatic rings. The lowest BCUT2D eigenvalue weighted by Crippen LogP contribution is -2.08. The van der Waals surface area contributed by atoms with Gasteiger partial charge in [0.15, 0.2) is 15.5 Å². The fraction of sp³-hybridized carbons (Fsp3) is 0.222. The molecule has 6 aromatic rings. The number of nitrogens with zero attached hydrogens (tertiary/aromatic N) is 8. The molecule has 4 aromatic heterocycles. The van der Waals surface area contributed by atoms with E-state index in [9.17, 15) is 0 Å². The Labute approximate surface area is 332 Å². The van der Waals surface area contributed by atoms with Gasteiger partial charge in [0.2, 0.25) is 11.8 Å². The van der Waals surface area contributed by atoms with E-state index in [4.69, 9.17) is 73.2 Å². The molecule has 0 aliphatic carbocycles. The van der Waals surface area contributed by atoms with E-state index < -0.39 is 0 Å². The van der Waals surface area contributed by atoms with Crippen molar-refractivity contribution in [3.63, 3.8) is 0 Å². The number of rotatable bonds is 12. The molecule has 0 saturated carbocycles. The molecule has 53 heavy (non-hydrogen) atoms. The lowest BCUT2D eigenvalue weighted by atomic mass is 10.1. The Morgan fingerprint density at radius 1 is 0.566 bits per heavy atom. The normalized spacial score (nSPS) is 10.3. The molecule has 0 unspecified atom stereocenters. The van der Waals surface area contributed by atoms with Gasteiger partial charge < -0.3 is 20.5 Å². The molecule has 0 amide bonds. The number of hydrogen-bond acceptors (Lipinski definition) is 12. The van der Waals surface area contributed by atoms with Gasteiger partial charge in [-0.15, -0.1) is 20.4 Å². The van der Waals surface area contributed by atoms with Crippen LogP contribution in [0.15, 0.2) is 85.5 Å². The summed E-state index contributed by atoms with van der Waals surface area (Å²) >= 11 is 29.0. The van der Waals surface area contributed by atoms with Gasteiger partial charge in [0.05, 0.1) is 16.4 Å². The van der Waals surface area contributed by atoms with Gasteiger partial charge in [0, 0.05) is 18.7 Å². The standard InChI is InChI=1S/C18H17Cl2N5O.C12H12ClN3O.C6H6Cl2N2/c1-2-14-17(20)18(23-11-22-14)21-10-9-12-3-5-13(6-4-12)26-16-8-7-15(19)24-25-16;13-11-5-6-12(16-15-11)17-10-3-1-9(2-4-10)7-8-14;1-2-4-5(7)6(8)10-3-9-4/h3-8,11H,2,9-10H2,1H3,(H,21,22,23);1-6H,7-8,14H2;3H,2H2,1H3. The number of nitrogens with one attached hydrogen (secondary N) is 1. The fourth-order valence-electron chi connectivity index (χ4n) is 4.30. The van der Waals surface area contributed by atoms with E-state index in [1.807, 2.05) is 62.4 Å². The van der Waals surface area contributed by atoms with Gasteiger partial charge in [-0.3, -0.25) is 0 Å². The number of hydrogen-bond donors (Lipinski definition) is 2. The first kappa shape index (κ1) is 41.3. The molecule has 2 aromatic carbocycles. The highest BCUT2D eigenvalue weighted by Crippen LogP contribution is 2.24. The minimum absolute atomic E-state index is 0.327. The average Bonchev–Trinajstić information content (AvgIpc) is 3.17. The molecule has 0 aliphatic heterocycles. The highest BCUT2D eigenvalue weighted by molar-refractivity contribution is 6.41. The number of aromatic nitrogens is 8. The zero-order chi connectivity index (χ0) is 38.0. The van der Waals surface area contributed by atoms with Crippen molar-refractivity contribution in [3.05, 3.63) is 133 Å². The zero-order valence-corrected chi connectivity index (χ0v) is 32.5. The Hall–Kier alpha value is -4.43. The third-order valence-corrected chi connectivity index (χ3v) is 8.58. The molecule has 0 fully saturated rings. The first-order valence-corrected chi connectivity index (χ1v) is 18.2. The van der Waals surface area contributed by atoms with Crippen molar-refractivity contribution in [1.82, 2.24) is 40.3 Å². The Morgan fingerprint density at radius 3 is 1.51 bits per heavy atom. The van der Waals surface area contributed by atoms with Crippen LogP contribution in [0.25, 0.3) is 0 Å². The first-order valence-electron chi connectivity index (χ1n) is 16.3. The Kier molecular flexibility index (Phi) is 17.1. The van der Waals surface area contributed by atoms with Crippen molar-refractivity contribution in [2.24, 2.45) is 5.73 Å². The second-order valence-electron chi connectivity index (χ2n) is 10.7. The van der Waals surface area contributed by atoms with E-state index in [-0.39, 0.29) is 0 Å². The number of aryl methyl sites for hydroxylation is 2. The summed E-state index contributed by atoms with van der Waals surface area (Å²) in [7, 11) is 0. The molecule has 0 radical (unpaired) electrons. The van der Waals surface area contributed by atoms with E-state index in [0.717, 1.165) is 42.6 Å². The van der Waals surface area contributed by atoms with Gasteiger partial charge >= 0.3 is 0 Å². The average molecular weight is 817 g/mol. The van der Waals surface area contributed by atoms with Crippen molar-refractivity contribution in [1.29, 1.82) is 0 Å². The molecule has 0 saturated heterocycles. The van der Waals surface area contributed by atoms with Crippen molar-refractivity contribution in [2.45, 2.75) is 39.5 Å². The predicted octanol–water partition coefficient (Wildman–Crippen LogP) is 9.35. The van der Waals surface area contributed by atoms with Gasteiger partial charge in [-0.05, 0) is 79.8 Å². The van der Waals surface area contributed by atoms with Crippen LogP contribution >= 0.6 is 58.0 Å². The zero-order valence-electron chi connectivity index (χ0n) is 28.7. The summed E-state index contributed by atoms with van der Waals surface area (Å²) in [6, 6.07) is 22.1. The molecular formula is C36H35Cl5N10O2. The molecule has 6 rings (SSSR count). The van der Waals surface area contributed by atoms with E-state index in [1.165, 1.54) is 18.2 Å². The second-order valence-corrected chi connectivity index (χ2v) is 12.6. The van der Waals surface area contributed by atoms with Gasteiger partial charge in [0.1, 0.15) is 35.0 Å². The summed E-state index contributed by atoms with van der Waals surface area (Å²) in [6.45, 7) is 5.33. The van der Waals surface area contributed by atoms with E-state index in [0.29, 0.717) is 67.7 Å². The van der Waals surface area contributed by atoms with Crippen LogP contribution in [-0.2, 0) is 25.7 Å². The Bertz CT molecular complexity index is 1990. The van der Waals surface area contributed by atoms with Crippen LogP contribution < -0.4 is 20.5 Å². The third kappa shape index (κ3) is 13.8. The topological polar surface area (TPSA) is 160 Å². The van der Waals surface area contributed by atoms with Crippen LogP contribution in [0, 0.1) is 0 Å². The van der Waals surface area contributed by atoms with Gasteiger partial charge in [-0.2, -0.15) is 0 Å². The van der Waals surface area contributed by atoms with E-state index >= 15 is 0 Å². The number of benzene rings is 2. The Morgan fingerprint density at radius 2 is 1.06 bits per heavy atom. The molecular weight excluding hydrogens is 782 g/mol. The van der Waals surface area contributed by atoms with Crippen LogP contribution in [0.5, 0.6) is 23.3 Å². The molecule has 4 heterocycles. The first-order chi connectivity index (χ1) is 25.7. The van der Waals surface area contributed by atoms with E-state index in [1.54, 1.807) is 24.3 Å². The third-order valence-electron chi connectivity index (χ3n) is 7.00. The summed E-state index contributed by atoms with van der Waals surface area (Å²) in [5.41, 5.74) is 9.45. The van der Waals surface area contributed by atoms with Gasteiger partial charge in [-0.1, -0.05) is 96.1 Å². The van der Waals surface area contributed by atoms with Crippen LogP contribution in [0.4, 0.5) is 5.82 Å². The van der Waals surface area contributed by atoms with Crippen molar-refractivity contribution < 1.29 is 9.47 Å². The number of ether oxygens (including phenoxy) is 2. The van der Waals surface area contributed by atoms with Crippen LogP contribution in [0.1, 0.15) is 36.4 Å². The van der Waals surface area contributed by atoms with E-state index in [2.05, 4.69) is 45.6 Å². The lowest BCUT2D eigenvalue weighted by Gasteiger charge is -2.09. The number of halogens is 5. The summed E-state index contributed by atoms with van der Waals surface area (Å²) in [5, 5.41) is 20.4. The summed E-state index contributed by atoms with van der Waals surface area (Å²) < 4.78 is 11.1. The van der Waals surface area contributed by atoms with Crippen LogP contribution in [0.3, 0.4) is 0 Å². The van der Waals surface area contributed by atoms with Gasteiger partial charge in [0.25, 0.3) is 0 Å². The summed E-state index contributed by atoms with van der Waals surface area (Å²) in [5.74, 6) is 2.88. The molecule has 3 N–H and O–H groups in total. The Balaban J connectivity index is 0.000000198. The van der Waals surface area contributed by atoms with Crippen molar-refractivity contribution in [3.8, 4) is 23.3 Å². The SMILES string of the molecule is CCc1ncnc(Cl)c1Cl.CCc1ncnc(NCCc2ccc(Oc3ccc(Cl)nn3)cc2)c1Cl.NCCc1ccc(Oc2ccc(Cl)nn2)cc1. The minimum Gasteiger partial charge on any atom is -0.438 e. The molecule has 0 atom stereocenters. The number of nitrogens with two attached hydrogens (primary N) is 1. The molecule has 0 bridgehead atoms. The molecule has 0 spiro atoms. The highest BCUT2D eigenvalue weighted by atomic mass is 35.5. The smallest absolute Gasteiger partial charge is 0.238 e. The quantitative estimate of drug-likeness (QED) is 0.113. The second kappa shape index (κ2) is 21.9. The van der Waals surface area contributed by atoms with Crippen molar-refractivity contribution in [2.75, 3.05) is 18.4 Å². The van der Waals surface area contributed by atoms with Crippen LogP contribution in [-0.4, -0.2) is 53.4 Å². The van der Waals surface area contributed by atoms with Crippen molar-refractivity contribution >= 4 is 63.8 Å². The maximum absolute atomic E-state index is 6.27. The lowest BCUT2D eigenvalue weighted by molar-refractivity contribution is 0.455. The summed E-state index contributed by atoms with van der Waals surface area (Å²) in [4.78, 5) is 16.0. The highest BCUT2D eigenvalue weighted by Gasteiger charge is 2.08. The van der Waals surface area contributed by atoms with Gasteiger partial charge in [-0.25, -0.2) is 19.9 Å². The largest absolute Gasteiger partial charge is 0.438 e. The predicted molar refractivity (Wildman–Crippen MR) is 210 cm³/mol. The van der Waals surface area contributed by atoms with Crippen LogP contribution in [0.2, 0.25) is 25.5 Å². The molecule has 12 nitrogen and oxygen atoms in total. The maximum atomic E-state index is 6.27. The monoisotopic (exact) mass is 814 g/mol. The number of anilines is 1. The fourth-order valence-corrected chi connectivity index (χ4v) is 5.19. The molecule has 17 heteroatoms. The molecule has 276 valence electrons. The maximum Gasteiger partial charge on any atom is 0.238 e. The summed E-state index contributed by atoms with van der Waals surface area (Å²) in [6.07, 6.45) is 6.17.